The highest BCUT2D eigenvalue weighted by Crippen LogP contribution is 2.24. The zero-order valence-electron chi connectivity index (χ0n) is 16.6. The van der Waals surface area contributed by atoms with Crippen molar-refractivity contribution in [3.05, 3.63) is 0 Å². The molecule has 3 aliphatic rings. The van der Waals surface area contributed by atoms with E-state index in [1.807, 2.05) is 0 Å². The highest BCUT2D eigenvalue weighted by atomic mass is 16.2. The zero-order chi connectivity index (χ0) is 20.0. The Balaban J connectivity index is 1.40. The molecule has 3 fully saturated rings. The van der Waals surface area contributed by atoms with Gasteiger partial charge in [0.2, 0.25) is 23.6 Å². The fourth-order valence-corrected chi connectivity index (χ4v) is 4.50. The number of hydrogen-bond acceptors (Lipinski definition) is 6. The summed E-state index contributed by atoms with van der Waals surface area (Å²) in [7, 11) is 0. The van der Waals surface area contributed by atoms with E-state index in [9.17, 15) is 19.2 Å². The van der Waals surface area contributed by atoms with Crippen molar-refractivity contribution in [2.45, 2.75) is 69.7 Å². The first kappa shape index (κ1) is 20.9. The molecule has 8 heteroatoms. The highest BCUT2D eigenvalue weighted by Gasteiger charge is 2.32. The summed E-state index contributed by atoms with van der Waals surface area (Å²) in [6.07, 6.45) is 6.97. The zero-order valence-corrected chi connectivity index (χ0v) is 16.6. The summed E-state index contributed by atoms with van der Waals surface area (Å²) in [4.78, 5) is 49.6. The van der Waals surface area contributed by atoms with Crippen molar-refractivity contribution in [2.75, 3.05) is 32.7 Å². The van der Waals surface area contributed by atoms with Crippen molar-refractivity contribution in [1.29, 1.82) is 0 Å². The van der Waals surface area contributed by atoms with Gasteiger partial charge in [0, 0.05) is 63.9 Å². The standard InChI is InChI=1S/C20H32N4O4/c25-16-5-6-17(26)23(16)13-3-1-9-20(15-21-11-12-22-20)10-2-4-14-24-18(27)7-8-19(24)28/h21-22H,1-15H2. The van der Waals surface area contributed by atoms with E-state index in [1.54, 1.807) is 0 Å². The number of piperazine rings is 1. The van der Waals surface area contributed by atoms with Crippen LogP contribution in [0.1, 0.15) is 64.2 Å². The van der Waals surface area contributed by atoms with Gasteiger partial charge in [-0.25, -0.2) is 0 Å². The van der Waals surface area contributed by atoms with Gasteiger partial charge in [0.05, 0.1) is 0 Å². The third kappa shape index (κ3) is 5.17. The summed E-state index contributed by atoms with van der Waals surface area (Å²) >= 11 is 0. The molecular weight excluding hydrogens is 360 g/mol. The third-order valence-electron chi connectivity index (χ3n) is 6.15. The molecule has 0 spiro atoms. The Bertz CT molecular complexity index is 537. The summed E-state index contributed by atoms with van der Waals surface area (Å²) in [6.45, 7) is 3.83. The molecule has 0 aromatic heterocycles. The first-order valence-electron chi connectivity index (χ1n) is 10.6. The molecule has 0 aliphatic carbocycles. The summed E-state index contributed by atoms with van der Waals surface area (Å²) < 4.78 is 0. The summed E-state index contributed by atoms with van der Waals surface area (Å²) in [6, 6.07) is 0. The van der Waals surface area contributed by atoms with E-state index in [4.69, 9.17) is 0 Å². The number of likely N-dealkylation sites (tertiary alicyclic amines) is 2. The van der Waals surface area contributed by atoms with Crippen LogP contribution in [0.4, 0.5) is 0 Å². The summed E-state index contributed by atoms with van der Waals surface area (Å²) in [5, 5.41) is 7.14. The Hall–Kier alpha value is -1.80. The van der Waals surface area contributed by atoms with Gasteiger partial charge in [0.15, 0.2) is 0 Å². The Morgan fingerprint density at radius 2 is 1.14 bits per heavy atom. The van der Waals surface area contributed by atoms with Gasteiger partial charge >= 0.3 is 0 Å². The molecule has 0 radical (unpaired) electrons. The second-order valence-electron chi connectivity index (χ2n) is 8.18. The molecular formula is C20H32N4O4. The van der Waals surface area contributed by atoms with Crippen LogP contribution in [0, 0.1) is 0 Å². The molecule has 0 atom stereocenters. The molecule has 3 aliphatic heterocycles. The fourth-order valence-electron chi connectivity index (χ4n) is 4.50. The number of hydrogen-bond donors (Lipinski definition) is 2. The summed E-state index contributed by atoms with van der Waals surface area (Å²) in [5.74, 6) is -0.155. The van der Waals surface area contributed by atoms with Gasteiger partial charge < -0.3 is 10.6 Å². The van der Waals surface area contributed by atoms with Gasteiger partial charge in [-0.15, -0.1) is 0 Å². The third-order valence-corrected chi connectivity index (χ3v) is 6.15. The quantitative estimate of drug-likeness (QED) is 0.416. The normalized spacial score (nSPS) is 22.6. The number of carbonyl (C=O) groups excluding carboxylic acids is 4. The van der Waals surface area contributed by atoms with Crippen LogP contribution in [-0.2, 0) is 19.2 Å². The highest BCUT2D eigenvalue weighted by molar-refractivity contribution is 6.02. The van der Waals surface area contributed by atoms with Crippen molar-refractivity contribution >= 4 is 23.6 Å². The van der Waals surface area contributed by atoms with Crippen LogP contribution in [0.25, 0.3) is 0 Å². The molecule has 0 unspecified atom stereocenters. The van der Waals surface area contributed by atoms with Crippen molar-refractivity contribution in [3.63, 3.8) is 0 Å². The maximum atomic E-state index is 11.7. The second-order valence-corrected chi connectivity index (χ2v) is 8.18. The topological polar surface area (TPSA) is 98.8 Å². The number of nitrogens with zero attached hydrogens (tertiary/aromatic N) is 2. The Labute approximate surface area is 166 Å². The van der Waals surface area contributed by atoms with Gasteiger partial charge in [0.25, 0.3) is 0 Å². The van der Waals surface area contributed by atoms with Crippen molar-refractivity contribution in [3.8, 4) is 0 Å². The van der Waals surface area contributed by atoms with Crippen LogP contribution >= 0.6 is 0 Å². The van der Waals surface area contributed by atoms with E-state index in [0.29, 0.717) is 38.8 Å². The van der Waals surface area contributed by atoms with E-state index in [1.165, 1.54) is 9.80 Å². The number of nitrogens with one attached hydrogen (secondary N) is 2. The van der Waals surface area contributed by atoms with E-state index < -0.39 is 0 Å². The van der Waals surface area contributed by atoms with Gasteiger partial charge in [-0.3, -0.25) is 29.0 Å². The lowest BCUT2D eigenvalue weighted by Crippen LogP contribution is -2.59. The molecule has 3 rings (SSSR count). The predicted octanol–water partition coefficient (Wildman–Crippen LogP) is 0.557. The number of imide groups is 2. The van der Waals surface area contributed by atoms with Gasteiger partial charge in [-0.05, 0) is 38.5 Å². The molecule has 28 heavy (non-hydrogen) atoms. The SMILES string of the molecule is O=C1CCC(=O)N1CCCCC1(CCCCN2C(=O)CCC2=O)CNCCN1. The molecule has 0 aromatic rings. The van der Waals surface area contributed by atoms with Gasteiger partial charge in [0.1, 0.15) is 0 Å². The predicted molar refractivity (Wildman–Crippen MR) is 103 cm³/mol. The minimum absolute atomic E-state index is 0.0102. The van der Waals surface area contributed by atoms with Crippen molar-refractivity contribution in [1.82, 2.24) is 20.4 Å². The largest absolute Gasteiger partial charge is 0.314 e. The van der Waals surface area contributed by atoms with Gasteiger partial charge in [-0.1, -0.05) is 0 Å². The smallest absolute Gasteiger partial charge is 0.229 e. The lowest BCUT2D eigenvalue weighted by molar-refractivity contribution is -0.140. The number of rotatable bonds is 10. The average molecular weight is 393 g/mol. The monoisotopic (exact) mass is 392 g/mol. The van der Waals surface area contributed by atoms with Crippen LogP contribution in [0.2, 0.25) is 0 Å². The van der Waals surface area contributed by atoms with Crippen LogP contribution in [-0.4, -0.2) is 71.7 Å². The fraction of sp³-hybridized carbons (Fsp3) is 0.800. The van der Waals surface area contributed by atoms with Crippen molar-refractivity contribution < 1.29 is 19.2 Å². The Morgan fingerprint density at radius 3 is 1.54 bits per heavy atom. The number of unbranched alkanes of at least 4 members (excludes halogenated alkanes) is 2. The second kappa shape index (κ2) is 9.60. The lowest BCUT2D eigenvalue weighted by atomic mass is 9.85. The first-order chi connectivity index (χ1) is 13.5. The van der Waals surface area contributed by atoms with Crippen LogP contribution in [0.3, 0.4) is 0 Å². The maximum absolute atomic E-state index is 11.7. The Morgan fingerprint density at radius 1 is 0.679 bits per heavy atom. The lowest BCUT2D eigenvalue weighted by Gasteiger charge is -2.39. The minimum Gasteiger partial charge on any atom is -0.314 e. The summed E-state index contributed by atoms with van der Waals surface area (Å²) in [5.41, 5.74) is 0.0102. The number of carbonyl (C=O) groups is 4. The molecule has 0 bridgehead atoms. The Kier molecular flexibility index (Phi) is 7.18. The molecule has 2 N–H and O–H groups in total. The first-order valence-corrected chi connectivity index (χ1v) is 10.6. The van der Waals surface area contributed by atoms with Crippen LogP contribution in [0.5, 0.6) is 0 Å². The van der Waals surface area contributed by atoms with E-state index >= 15 is 0 Å². The molecule has 156 valence electrons. The van der Waals surface area contributed by atoms with E-state index in [2.05, 4.69) is 10.6 Å². The van der Waals surface area contributed by atoms with Crippen LogP contribution in [0.15, 0.2) is 0 Å². The molecule has 0 saturated carbocycles. The van der Waals surface area contributed by atoms with Crippen LogP contribution < -0.4 is 10.6 Å². The molecule has 3 saturated heterocycles. The molecule has 3 heterocycles. The van der Waals surface area contributed by atoms with Gasteiger partial charge in [-0.2, -0.15) is 0 Å². The van der Waals surface area contributed by atoms with Crippen molar-refractivity contribution in [2.24, 2.45) is 0 Å². The molecule has 8 nitrogen and oxygen atoms in total. The number of amides is 4. The molecule has 4 amide bonds. The van der Waals surface area contributed by atoms with E-state index in [0.717, 1.165) is 58.2 Å². The minimum atomic E-state index is -0.0387. The maximum Gasteiger partial charge on any atom is 0.229 e. The molecule has 0 aromatic carbocycles. The van der Waals surface area contributed by atoms with E-state index in [-0.39, 0.29) is 29.2 Å². The average Bonchev–Trinajstić information content (AvgIpc) is 3.18.